The van der Waals surface area contributed by atoms with Crippen molar-refractivity contribution in [3.63, 3.8) is 0 Å². The zero-order valence-corrected chi connectivity index (χ0v) is 7.97. The van der Waals surface area contributed by atoms with Crippen LogP contribution in [0.3, 0.4) is 0 Å². The van der Waals surface area contributed by atoms with Crippen LogP contribution in [0.25, 0.3) is 0 Å². The van der Waals surface area contributed by atoms with Crippen LogP contribution in [0.2, 0.25) is 0 Å². The number of nitrogens with one attached hydrogen (secondary N) is 1. The second-order valence-electron chi connectivity index (χ2n) is 2.78. The van der Waals surface area contributed by atoms with Crippen LogP contribution in [0.15, 0.2) is 18.2 Å². The molecule has 0 amide bonds. The number of methoxy groups -OCH3 is 1. The molecule has 1 aromatic rings. The van der Waals surface area contributed by atoms with Gasteiger partial charge in [-0.05, 0) is 6.07 Å². The van der Waals surface area contributed by atoms with Crippen LogP contribution >= 0.6 is 0 Å². The number of pyridine rings is 1. The monoisotopic (exact) mass is 198 g/mol. The fourth-order valence-electron chi connectivity index (χ4n) is 0.914. The highest BCUT2D eigenvalue weighted by atomic mass is 16.5. The number of aliphatic hydroxyl groups excluding tert-OH is 2. The van der Waals surface area contributed by atoms with E-state index >= 15 is 0 Å². The van der Waals surface area contributed by atoms with Gasteiger partial charge in [-0.3, -0.25) is 0 Å². The topological polar surface area (TPSA) is 74.6 Å². The summed E-state index contributed by atoms with van der Waals surface area (Å²) in [6, 6.07) is 5.28. The average Bonchev–Trinajstić information content (AvgIpc) is 2.26. The molecule has 3 N–H and O–H groups in total. The van der Waals surface area contributed by atoms with Gasteiger partial charge in [0, 0.05) is 12.6 Å². The Morgan fingerprint density at radius 2 is 2.36 bits per heavy atom. The van der Waals surface area contributed by atoms with Crippen molar-refractivity contribution in [3.8, 4) is 5.88 Å². The van der Waals surface area contributed by atoms with Gasteiger partial charge in [-0.25, -0.2) is 0 Å². The first-order valence-electron chi connectivity index (χ1n) is 4.30. The quantitative estimate of drug-likeness (QED) is 0.613. The molecule has 0 aromatic carbocycles. The van der Waals surface area contributed by atoms with Crippen molar-refractivity contribution in [1.29, 1.82) is 0 Å². The van der Waals surface area contributed by atoms with E-state index in [0.29, 0.717) is 11.7 Å². The van der Waals surface area contributed by atoms with E-state index in [1.165, 1.54) is 7.11 Å². The lowest BCUT2D eigenvalue weighted by atomic mass is 10.3. The van der Waals surface area contributed by atoms with Crippen molar-refractivity contribution in [3.05, 3.63) is 18.2 Å². The second kappa shape index (κ2) is 5.41. The van der Waals surface area contributed by atoms with E-state index in [4.69, 9.17) is 14.9 Å². The van der Waals surface area contributed by atoms with E-state index in [0.717, 1.165) is 0 Å². The zero-order chi connectivity index (χ0) is 10.4. The number of rotatable bonds is 5. The molecular formula is C9H14N2O3. The normalized spacial score (nSPS) is 12.2. The Bertz CT molecular complexity index is 281. The Hall–Kier alpha value is -1.33. The minimum Gasteiger partial charge on any atom is -0.481 e. The van der Waals surface area contributed by atoms with Gasteiger partial charge in [0.1, 0.15) is 5.82 Å². The van der Waals surface area contributed by atoms with Crippen LogP contribution < -0.4 is 10.1 Å². The largest absolute Gasteiger partial charge is 0.481 e. The third-order valence-electron chi connectivity index (χ3n) is 1.66. The summed E-state index contributed by atoms with van der Waals surface area (Å²) in [6.07, 6.45) is -0.775. The van der Waals surface area contributed by atoms with E-state index in [2.05, 4.69) is 10.3 Å². The van der Waals surface area contributed by atoms with Gasteiger partial charge >= 0.3 is 0 Å². The first kappa shape index (κ1) is 10.7. The summed E-state index contributed by atoms with van der Waals surface area (Å²) in [6.45, 7) is -0.00631. The summed E-state index contributed by atoms with van der Waals surface area (Å²) in [5.74, 6) is 1.12. The molecule has 0 aliphatic carbocycles. The van der Waals surface area contributed by atoms with Crippen molar-refractivity contribution in [2.75, 3.05) is 25.6 Å². The average molecular weight is 198 g/mol. The molecule has 1 aromatic heterocycles. The molecule has 0 spiro atoms. The third-order valence-corrected chi connectivity index (χ3v) is 1.66. The Morgan fingerprint density at radius 3 is 3.00 bits per heavy atom. The van der Waals surface area contributed by atoms with Gasteiger partial charge in [-0.1, -0.05) is 6.07 Å². The molecule has 0 saturated heterocycles. The van der Waals surface area contributed by atoms with E-state index in [9.17, 15) is 0 Å². The Kier molecular flexibility index (Phi) is 4.15. The maximum absolute atomic E-state index is 9.07. The minimum absolute atomic E-state index is 0.261. The first-order valence-corrected chi connectivity index (χ1v) is 4.30. The van der Waals surface area contributed by atoms with Crippen LogP contribution in [-0.4, -0.2) is 41.6 Å². The van der Waals surface area contributed by atoms with Gasteiger partial charge in [-0.2, -0.15) is 4.98 Å². The van der Waals surface area contributed by atoms with E-state index in [1.807, 2.05) is 0 Å². The number of ether oxygens (including phenoxy) is 1. The SMILES string of the molecule is COc1cccc(NCC(O)CO)n1. The first-order chi connectivity index (χ1) is 6.76. The number of aliphatic hydroxyl groups is 2. The van der Waals surface area contributed by atoms with Crippen molar-refractivity contribution in [1.82, 2.24) is 4.98 Å². The standard InChI is InChI=1S/C9H14N2O3/c1-14-9-4-2-3-8(11-9)10-5-7(13)6-12/h2-4,7,12-13H,5-6H2,1H3,(H,10,11). The predicted molar refractivity (Wildman–Crippen MR) is 52.4 cm³/mol. The lowest BCUT2D eigenvalue weighted by Crippen LogP contribution is -2.23. The molecule has 0 fully saturated rings. The van der Waals surface area contributed by atoms with E-state index < -0.39 is 6.10 Å². The van der Waals surface area contributed by atoms with Gasteiger partial charge in [0.15, 0.2) is 0 Å². The van der Waals surface area contributed by atoms with Crippen molar-refractivity contribution in [2.45, 2.75) is 6.10 Å². The lowest BCUT2D eigenvalue weighted by Gasteiger charge is -2.09. The molecule has 0 aliphatic rings. The zero-order valence-electron chi connectivity index (χ0n) is 7.97. The highest BCUT2D eigenvalue weighted by Gasteiger charge is 2.02. The molecule has 78 valence electrons. The van der Waals surface area contributed by atoms with Gasteiger partial charge < -0.3 is 20.3 Å². The van der Waals surface area contributed by atoms with E-state index in [-0.39, 0.29) is 13.2 Å². The van der Waals surface area contributed by atoms with E-state index in [1.54, 1.807) is 18.2 Å². The number of hydrogen-bond donors (Lipinski definition) is 3. The molecule has 14 heavy (non-hydrogen) atoms. The van der Waals surface area contributed by atoms with Crippen molar-refractivity contribution < 1.29 is 14.9 Å². The van der Waals surface area contributed by atoms with Crippen molar-refractivity contribution >= 4 is 5.82 Å². The van der Waals surface area contributed by atoms with Crippen LogP contribution in [-0.2, 0) is 0 Å². The second-order valence-corrected chi connectivity index (χ2v) is 2.78. The van der Waals surface area contributed by atoms with Crippen LogP contribution in [0.5, 0.6) is 5.88 Å². The molecule has 5 heteroatoms. The van der Waals surface area contributed by atoms with Crippen molar-refractivity contribution in [2.24, 2.45) is 0 Å². The predicted octanol–water partition coefficient (Wildman–Crippen LogP) is -0.145. The number of aromatic nitrogens is 1. The van der Waals surface area contributed by atoms with Crippen LogP contribution in [0.1, 0.15) is 0 Å². The molecule has 0 radical (unpaired) electrons. The molecule has 1 heterocycles. The van der Waals surface area contributed by atoms with Crippen LogP contribution in [0, 0.1) is 0 Å². The third kappa shape index (κ3) is 3.20. The van der Waals surface area contributed by atoms with Crippen LogP contribution in [0.4, 0.5) is 5.82 Å². The number of nitrogens with zero attached hydrogens (tertiary/aromatic N) is 1. The van der Waals surface area contributed by atoms with Gasteiger partial charge in [-0.15, -0.1) is 0 Å². The fraction of sp³-hybridized carbons (Fsp3) is 0.444. The Balaban J connectivity index is 2.50. The van der Waals surface area contributed by atoms with Gasteiger partial charge in [0.2, 0.25) is 5.88 Å². The molecular weight excluding hydrogens is 184 g/mol. The fourth-order valence-corrected chi connectivity index (χ4v) is 0.914. The molecule has 1 atom stereocenters. The Labute approximate surface area is 82.4 Å². The summed E-state index contributed by atoms with van der Waals surface area (Å²) in [4.78, 5) is 4.07. The van der Waals surface area contributed by atoms with Gasteiger partial charge in [0.25, 0.3) is 0 Å². The molecule has 1 rings (SSSR count). The maximum atomic E-state index is 9.07. The number of hydrogen-bond acceptors (Lipinski definition) is 5. The summed E-state index contributed by atoms with van der Waals surface area (Å²) in [5.41, 5.74) is 0. The Morgan fingerprint density at radius 1 is 1.57 bits per heavy atom. The molecule has 1 unspecified atom stereocenters. The summed E-state index contributed by atoms with van der Waals surface area (Å²) >= 11 is 0. The molecule has 5 nitrogen and oxygen atoms in total. The lowest BCUT2D eigenvalue weighted by molar-refractivity contribution is 0.105. The van der Waals surface area contributed by atoms with Gasteiger partial charge in [0.05, 0.1) is 19.8 Å². The smallest absolute Gasteiger partial charge is 0.214 e. The highest BCUT2D eigenvalue weighted by Crippen LogP contribution is 2.10. The maximum Gasteiger partial charge on any atom is 0.214 e. The molecule has 0 bridgehead atoms. The highest BCUT2D eigenvalue weighted by molar-refractivity contribution is 5.37. The number of anilines is 1. The summed E-state index contributed by atoms with van der Waals surface area (Å²) in [5, 5.41) is 20.5. The molecule has 0 aliphatic heterocycles. The minimum atomic E-state index is -0.775. The summed E-state index contributed by atoms with van der Waals surface area (Å²) in [7, 11) is 1.54. The molecule has 0 saturated carbocycles. The summed E-state index contributed by atoms with van der Waals surface area (Å²) < 4.78 is 4.92.